The van der Waals surface area contributed by atoms with Gasteiger partial charge in [-0.25, -0.2) is 13.2 Å². The molecule has 3 aromatic rings. The average Bonchev–Trinajstić information content (AvgIpc) is 3.71. The summed E-state index contributed by atoms with van der Waals surface area (Å²) in [4.78, 5) is 28.4. The van der Waals surface area contributed by atoms with Gasteiger partial charge < -0.3 is 15.5 Å². The van der Waals surface area contributed by atoms with Crippen molar-refractivity contribution >= 4 is 22.6 Å². The molecule has 0 spiro atoms. The second-order valence-electron chi connectivity index (χ2n) is 9.27. The number of benzene rings is 3. The molecule has 2 atom stereocenters. The third-order valence-electron chi connectivity index (χ3n) is 6.85. The van der Waals surface area contributed by atoms with Gasteiger partial charge in [-0.2, -0.15) is 0 Å². The van der Waals surface area contributed by atoms with Crippen LogP contribution < -0.4 is 10.6 Å². The van der Waals surface area contributed by atoms with E-state index >= 15 is 0 Å². The van der Waals surface area contributed by atoms with Gasteiger partial charge >= 0.3 is 0 Å². The van der Waals surface area contributed by atoms with E-state index in [1.54, 1.807) is 0 Å². The zero-order valence-corrected chi connectivity index (χ0v) is 19.1. The van der Waals surface area contributed by atoms with Gasteiger partial charge in [-0.05, 0) is 54.3 Å². The van der Waals surface area contributed by atoms with Crippen LogP contribution in [0.1, 0.15) is 35.2 Å². The summed E-state index contributed by atoms with van der Waals surface area (Å²) in [5.74, 6) is -5.80. The number of piperidine rings is 1. The summed E-state index contributed by atoms with van der Waals surface area (Å²) in [6.07, 6.45) is 2.35. The quantitative estimate of drug-likeness (QED) is 0.520. The highest BCUT2D eigenvalue weighted by atomic mass is 19.2. The molecule has 35 heavy (non-hydrogen) atoms. The molecule has 3 aromatic carbocycles. The highest BCUT2D eigenvalue weighted by Crippen LogP contribution is 2.32. The molecule has 2 fully saturated rings. The first-order chi connectivity index (χ1) is 16.9. The van der Waals surface area contributed by atoms with Crippen molar-refractivity contribution < 1.29 is 22.8 Å². The van der Waals surface area contributed by atoms with Crippen molar-refractivity contribution in [1.82, 2.24) is 15.5 Å². The Hall–Kier alpha value is -3.39. The van der Waals surface area contributed by atoms with Crippen LogP contribution in [0.4, 0.5) is 13.2 Å². The van der Waals surface area contributed by atoms with Crippen LogP contribution in [0.15, 0.2) is 54.6 Å². The van der Waals surface area contributed by atoms with Crippen molar-refractivity contribution in [3.63, 3.8) is 0 Å². The molecule has 182 valence electrons. The molecular formula is C27H26F3N3O2. The van der Waals surface area contributed by atoms with Gasteiger partial charge in [0.2, 0.25) is 5.91 Å². The fraction of sp³-hybridized carbons (Fsp3) is 0.333. The molecule has 5 rings (SSSR count). The third kappa shape index (κ3) is 4.89. The minimum absolute atomic E-state index is 0.0607. The first-order valence-corrected chi connectivity index (χ1v) is 11.9. The SMILES string of the molecule is O=C(NC1CCNCC1C(=O)N(Cc1cccc2ccccc12)C1CC1)c1cc(F)c(F)c(F)c1. The van der Waals surface area contributed by atoms with Crippen LogP contribution in [0.25, 0.3) is 10.8 Å². The maximum Gasteiger partial charge on any atom is 0.251 e. The topological polar surface area (TPSA) is 61.4 Å². The van der Waals surface area contributed by atoms with Gasteiger partial charge in [-0.15, -0.1) is 0 Å². The first kappa shape index (κ1) is 23.4. The van der Waals surface area contributed by atoms with Crippen molar-refractivity contribution in [2.24, 2.45) is 5.92 Å². The second-order valence-corrected chi connectivity index (χ2v) is 9.27. The predicted octanol–water partition coefficient (Wildman–Crippen LogP) is 4.16. The Morgan fingerprint density at radius 2 is 1.69 bits per heavy atom. The van der Waals surface area contributed by atoms with Crippen LogP contribution in [0.2, 0.25) is 0 Å². The van der Waals surface area contributed by atoms with E-state index < -0.39 is 35.3 Å². The zero-order chi connectivity index (χ0) is 24.5. The van der Waals surface area contributed by atoms with Crippen LogP contribution in [-0.4, -0.2) is 41.9 Å². The Morgan fingerprint density at radius 1 is 0.971 bits per heavy atom. The molecule has 2 unspecified atom stereocenters. The van der Waals surface area contributed by atoms with E-state index in [1.165, 1.54) is 0 Å². The minimum atomic E-state index is -1.62. The number of carbonyl (C=O) groups excluding carboxylic acids is 2. The lowest BCUT2D eigenvalue weighted by atomic mass is 9.91. The summed E-state index contributed by atoms with van der Waals surface area (Å²) in [7, 11) is 0. The second kappa shape index (κ2) is 9.70. The highest BCUT2D eigenvalue weighted by molar-refractivity contribution is 5.95. The van der Waals surface area contributed by atoms with Gasteiger partial charge in [-0.1, -0.05) is 42.5 Å². The van der Waals surface area contributed by atoms with Gasteiger partial charge in [0.25, 0.3) is 5.91 Å². The Bertz CT molecular complexity index is 1250. The number of rotatable bonds is 6. The van der Waals surface area contributed by atoms with E-state index in [0.717, 1.165) is 29.2 Å². The number of fused-ring (bicyclic) bond motifs is 1. The summed E-state index contributed by atoms with van der Waals surface area (Å²) < 4.78 is 40.6. The van der Waals surface area contributed by atoms with Gasteiger partial charge in [0.15, 0.2) is 17.5 Å². The largest absolute Gasteiger partial charge is 0.348 e. The summed E-state index contributed by atoms with van der Waals surface area (Å²) in [6.45, 7) is 1.44. The Labute approximate surface area is 201 Å². The zero-order valence-electron chi connectivity index (χ0n) is 19.1. The molecule has 8 heteroatoms. The number of nitrogens with one attached hydrogen (secondary N) is 2. The molecule has 1 aliphatic carbocycles. The molecule has 5 nitrogen and oxygen atoms in total. The van der Waals surface area contributed by atoms with Crippen molar-refractivity contribution in [2.45, 2.75) is 37.9 Å². The molecule has 2 amide bonds. The van der Waals surface area contributed by atoms with Crippen LogP contribution >= 0.6 is 0 Å². The number of hydrogen-bond acceptors (Lipinski definition) is 3. The van der Waals surface area contributed by atoms with Gasteiger partial charge in [-0.3, -0.25) is 9.59 Å². The summed E-state index contributed by atoms with van der Waals surface area (Å²) in [5.41, 5.74) is 0.742. The number of halogens is 3. The van der Waals surface area contributed by atoms with E-state index in [9.17, 15) is 22.8 Å². The molecule has 1 heterocycles. The van der Waals surface area contributed by atoms with Crippen LogP contribution in [0, 0.1) is 23.4 Å². The molecule has 1 aliphatic heterocycles. The molecule has 1 saturated heterocycles. The van der Waals surface area contributed by atoms with E-state index in [2.05, 4.69) is 10.6 Å². The van der Waals surface area contributed by atoms with E-state index in [0.29, 0.717) is 38.2 Å². The number of amides is 2. The molecular weight excluding hydrogens is 455 g/mol. The summed E-state index contributed by atoms with van der Waals surface area (Å²) in [6, 6.07) is 15.1. The van der Waals surface area contributed by atoms with Crippen molar-refractivity contribution in [3.05, 3.63) is 83.2 Å². The molecule has 0 aromatic heterocycles. The molecule has 0 bridgehead atoms. The standard InChI is InChI=1S/C27H26F3N3O2/c28-22-12-18(13-23(29)25(22)30)26(34)32-24-10-11-31-14-21(24)27(35)33(19-8-9-19)15-17-6-3-5-16-4-1-2-7-20(16)17/h1-7,12-13,19,21,24,31H,8-11,14-15H2,(H,32,34). The smallest absolute Gasteiger partial charge is 0.251 e. The van der Waals surface area contributed by atoms with E-state index in [4.69, 9.17) is 0 Å². The highest BCUT2D eigenvalue weighted by Gasteiger charge is 2.40. The summed E-state index contributed by atoms with van der Waals surface area (Å²) in [5, 5.41) is 8.19. The van der Waals surface area contributed by atoms with Crippen LogP contribution in [0.3, 0.4) is 0 Å². The fourth-order valence-electron chi connectivity index (χ4n) is 4.83. The number of nitrogens with zero attached hydrogens (tertiary/aromatic N) is 1. The molecule has 0 radical (unpaired) electrons. The number of carbonyl (C=O) groups is 2. The van der Waals surface area contributed by atoms with E-state index in [1.807, 2.05) is 47.4 Å². The van der Waals surface area contributed by atoms with Crippen molar-refractivity contribution in [2.75, 3.05) is 13.1 Å². The predicted molar refractivity (Wildman–Crippen MR) is 126 cm³/mol. The third-order valence-corrected chi connectivity index (χ3v) is 6.85. The van der Waals surface area contributed by atoms with Gasteiger partial charge in [0.1, 0.15) is 0 Å². The lowest BCUT2D eigenvalue weighted by Gasteiger charge is -2.36. The maximum absolute atomic E-state index is 13.8. The molecule has 2 N–H and O–H groups in total. The first-order valence-electron chi connectivity index (χ1n) is 11.9. The van der Waals surface area contributed by atoms with Crippen LogP contribution in [-0.2, 0) is 11.3 Å². The van der Waals surface area contributed by atoms with E-state index in [-0.39, 0.29) is 17.5 Å². The monoisotopic (exact) mass is 481 g/mol. The maximum atomic E-state index is 13.8. The Morgan fingerprint density at radius 3 is 2.43 bits per heavy atom. The lowest BCUT2D eigenvalue weighted by Crippen LogP contribution is -2.55. The van der Waals surface area contributed by atoms with Gasteiger partial charge in [0.05, 0.1) is 5.92 Å². The molecule has 1 saturated carbocycles. The Kier molecular flexibility index (Phi) is 6.47. The Balaban J connectivity index is 1.36. The van der Waals surface area contributed by atoms with Crippen molar-refractivity contribution in [1.29, 1.82) is 0 Å². The molecule has 2 aliphatic rings. The average molecular weight is 482 g/mol. The normalized spacial score (nSPS) is 20.0. The lowest BCUT2D eigenvalue weighted by molar-refractivity contribution is -0.138. The van der Waals surface area contributed by atoms with Crippen LogP contribution in [0.5, 0.6) is 0 Å². The van der Waals surface area contributed by atoms with Crippen molar-refractivity contribution in [3.8, 4) is 0 Å². The number of hydrogen-bond donors (Lipinski definition) is 2. The fourth-order valence-corrected chi connectivity index (χ4v) is 4.83. The van der Waals surface area contributed by atoms with Gasteiger partial charge in [0, 0.05) is 30.7 Å². The summed E-state index contributed by atoms with van der Waals surface area (Å²) >= 11 is 0. The minimum Gasteiger partial charge on any atom is -0.348 e.